The Balaban J connectivity index is 0.00000320. The SMILES string of the molecule is COc1ccc2c(c1)c(C(OC(C)=O)C(=O)O)c(C)n2C(=O)c1ccc(Cl)cc1.[NaH]. The van der Waals surface area contributed by atoms with Gasteiger partial charge in [0.2, 0.25) is 6.10 Å². The summed E-state index contributed by atoms with van der Waals surface area (Å²) in [5.41, 5.74) is 1.40. The number of aromatic nitrogens is 1. The zero-order chi connectivity index (χ0) is 21.3. The minimum absolute atomic E-state index is 0. The fraction of sp³-hybridized carbons (Fsp3) is 0.190. The molecule has 1 aromatic heterocycles. The van der Waals surface area contributed by atoms with Crippen molar-refractivity contribution in [3.63, 3.8) is 0 Å². The first-order chi connectivity index (χ1) is 13.7. The Labute approximate surface area is 199 Å². The number of nitrogens with zero attached hydrogens (tertiary/aromatic N) is 1. The number of esters is 1. The third-order valence-corrected chi connectivity index (χ3v) is 4.78. The maximum atomic E-state index is 13.2. The molecule has 3 rings (SSSR count). The number of carboxylic acids is 1. The summed E-state index contributed by atoms with van der Waals surface area (Å²) in [5.74, 6) is -1.98. The summed E-state index contributed by atoms with van der Waals surface area (Å²) in [6.07, 6.45) is -1.57. The number of ether oxygens (including phenoxy) is 2. The van der Waals surface area contributed by atoms with Gasteiger partial charge in [-0.2, -0.15) is 0 Å². The number of carbonyl (C=O) groups excluding carboxylic acids is 2. The molecule has 0 fully saturated rings. The Morgan fingerprint density at radius 2 is 1.73 bits per heavy atom. The number of carboxylic acid groups (broad SMARTS) is 1. The van der Waals surface area contributed by atoms with Crippen LogP contribution in [0.1, 0.15) is 34.6 Å². The van der Waals surface area contributed by atoms with E-state index in [0.717, 1.165) is 6.92 Å². The van der Waals surface area contributed by atoms with Gasteiger partial charge in [0, 0.05) is 34.2 Å². The van der Waals surface area contributed by atoms with Gasteiger partial charge in [-0.15, -0.1) is 0 Å². The topological polar surface area (TPSA) is 94.8 Å². The van der Waals surface area contributed by atoms with E-state index in [9.17, 15) is 19.5 Å². The summed E-state index contributed by atoms with van der Waals surface area (Å²) in [6.45, 7) is 2.74. The molecule has 0 amide bonds. The molecule has 0 aliphatic carbocycles. The third kappa shape index (κ3) is 4.54. The first-order valence-corrected chi connectivity index (χ1v) is 9.01. The van der Waals surface area contributed by atoms with Crippen molar-refractivity contribution in [3.05, 3.63) is 64.3 Å². The Kier molecular flexibility index (Phi) is 7.71. The number of methoxy groups -OCH3 is 1. The Morgan fingerprint density at radius 1 is 1.10 bits per heavy atom. The van der Waals surface area contributed by atoms with Crippen molar-refractivity contribution in [1.82, 2.24) is 4.57 Å². The molecule has 2 aromatic carbocycles. The third-order valence-electron chi connectivity index (χ3n) is 4.52. The van der Waals surface area contributed by atoms with E-state index in [1.54, 1.807) is 49.4 Å². The van der Waals surface area contributed by atoms with Crippen LogP contribution in [0.4, 0.5) is 0 Å². The average Bonchev–Trinajstić information content (AvgIpc) is 2.96. The van der Waals surface area contributed by atoms with Gasteiger partial charge in [-0.1, -0.05) is 11.6 Å². The van der Waals surface area contributed by atoms with Crippen molar-refractivity contribution < 1.29 is 29.0 Å². The van der Waals surface area contributed by atoms with E-state index in [1.165, 1.54) is 11.7 Å². The molecule has 3 aromatic rings. The fourth-order valence-electron chi connectivity index (χ4n) is 3.26. The zero-order valence-electron chi connectivity index (χ0n) is 15.9. The van der Waals surface area contributed by atoms with Crippen LogP contribution in [0.2, 0.25) is 5.02 Å². The second-order valence-corrected chi connectivity index (χ2v) is 6.79. The van der Waals surface area contributed by atoms with Crippen molar-refractivity contribution in [2.24, 2.45) is 0 Å². The van der Waals surface area contributed by atoms with Crippen LogP contribution in [-0.4, -0.2) is 64.2 Å². The molecule has 1 unspecified atom stereocenters. The number of carbonyl (C=O) groups is 3. The molecule has 0 aliphatic heterocycles. The molecular formula is C21H19ClNNaO6. The predicted molar refractivity (Wildman–Crippen MR) is 114 cm³/mol. The molecule has 0 bridgehead atoms. The van der Waals surface area contributed by atoms with Crippen molar-refractivity contribution in [2.45, 2.75) is 20.0 Å². The number of fused-ring (bicyclic) bond motifs is 1. The molecule has 152 valence electrons. The van der Waals surface area contributed by atoms with Gasteiger partial charge in [0.25, 0.3) is 5.91 Å². The molecule has 7 nitrogen and oxygen atoms in total. The van der Waals surface area contributed by atoms with Gasteiger partial charge >= 0.3 is 41.5 Å². The molecule has 0 saturated heterocycles. The molecule has 1 heterocycles. The van der Waals surface area contributed by atoms with Crippen LogP contribution in [0.5, 0.6) is 5.75 Å². The van der Waals surface area contributed by atoms with E-state index in [0.29, 0.717) is 32.9 Å². The van der Waals surface area contributed by atoms with Crippen molar-refractivity contribution in [3.8, 4) is 5.75 Å². The molecule has 30 heavy (non-hydrogen) atoms. The number of hydrogen-bond acceptors (Lipinski definition) is 5. The number of aliphatic carboxylic acids is 1. The molecule has 9 heteroatoms. The van der Waals surface area contributed by atoms with Crippen LogP contribution < -0.4 is 4.74 Å². The summed E-state index contributed by atoms with van der Waals surface area (Å²) in [5, 5.41) is 10.6. The van der Waals surface area contributed by atoms with Gasteiger partial charge in [0.15, 0.2) is 0 Å². The van der Waals surface area contributed by atoms with E-state index in [4.69, 9.17) is 21.1 Å². The molecule has 0 spiro atoms. The number of hydrogen-bond donors (Lipinski definition) is 1. The van der Waals surface area contributed by atoms with Gasteiger partial charge in [0.1, 0.15) is 5.75 Å². The molecule has 0 radical (unpaired) electrons. The van der Waals surface area contributed by atoms with Crippen molar-refractivity contribution in [2.75, 3.05) is 7.11 Å². The van der Waals surface area contributed by atoms with Gasteiger partial charge in [0.05, 0.1) is 12.6 Å². The van der Waals surface area contributed by atoms with Crippen LogP contribution in [0, 0.1) is 6.92 Å². The van der Waals surface area contributed by atoms with E-state index in [2.05, 4.69) is 0 Å². The van der Waals surface area contributed by atoms with Gasteiger partial charge in [-0.25, -0.2) is 4.79 Å². The summed E-state index contributed by atoms with van der Waals surface area (Å²) in [4.78, 5) is 36.6. The fourth-order valence-corrected chi connectivity index (χ4v) is 3.39. The van der Waals surface area contributed by atoms with Crippen LogP contribution in [-0.2, 0) is 14.3 Å². The average molecular weight is 440 g/mol. The Morgan fingerprint density at radius 3 is 2.27 bits per heavy atom. The Hall–Kier alpha value is -2.32. The van der Waals surface area contributed by atoms with Gasteiger partial charge in [-0.3, -0.25) is 14.2 Å². The standard InChI is InChI=1S/C21H18ClNO6.Na.H/c1-11-18(19(21(26)27)29-12(2)24)16-10-15(28-3)8-9-17(16)23(11)20(25)13-4-6-14(22)7-5-13;;/h4-10,19H,1-3H3,(H,26,27);;. The van der Waals surface area contributed by atoms with Crippen molar-refractivity contribution in [1.29, 1.82) is 0 Å². The van der Waals surface area contributed by atoms with E-state index in [1.807, 2.05) is 0 Å². The monoisotopic (exact) mass is 439 g/mol. The Bertz CT molecular complexity index is 1120. The summed E-state index contributed by atoms with van der Waals surface area (Å²) in [6, 6.07) is 11.3. The van der Waals surface area contributed by atoms with Gasteiger partial charge < -0.3 is 14.6 Å². The number of benzene rings is 2. The van der Waals surface area contributed by atoms with E-state index >= 15 is 0 Å². The quantitative estimate of drug-likeness (QED) is 0.484. The molecule has 1 N–H and O–H groups in total. The molecule has 1 atom stereocenters. The van der Waals surface area contributed by atoms with Crippen LogP contribution >= 0.6 is 11.6 Å². The zero-order valence-corrected chi connectivity index (χ0v) is 16.7. The summed E-state index contributed by atoms with van der Waals surface area (Å²) in [7, 11) is 1.48. The van der Waals surface area contributed by atoms with Crippen LogP contribution in [0.25, 0.3) is 10.9 Å². The minimum atomic E-state index is -1.57. The summed E-state index contributed by atoms with van der Waals surface area (Å²) >= 11 is 5.91. The van der Waals surface area contributed by atoms with Crippen LogP contribution in [0.3, 0.4) is 0 Å². The van der Waals surface area contributed by atoms with Crippen molar-refractivity contribution >= 4 is 69.9 Å². The van der Waals surface area contributed by atoms with E-state index in [-0.39, 0.29) is 41.0 Å². The number of halogens is 1. The maximum absolute atomic E-state index is 13.2. The van der Waals surface area contributed by atoms with Gasteiger partial charge in [-0.05, 0) is 49.4 Å². The molecular weight excluding hydrogens is 421 g/mol. The second kappa shape index (κ2) is 9.66. The second-order valence-electron chi connectivity index (χ2n) is 6.36. The first-order valence-electron chi connectivity index (χ1n) is 8.63. The number of rotatable bonds is 5. The first kappa shape index (κ1) is 24.0. The van der Waals surface area contributed by atoms with E-state index < -0.39 is 18.0 Å². The predicted octanol–water partition coefficient (Wildman–Crippen LogP) is 3.34. The van der Waals surface area contributed by atoms with Crippen LogP contribution in [0.15, 0.2) is 42.5 Å². The molecule has 0 saturated carbocycles. The summed E-state index contributed by atoms with van der Waals surface area (Å²) < 4.78 is 11.7. The normalized spacial score (nSPS) is 11.5. The molecule has 0 aliphatic rings.